The zero-order chi connectivity index (χ0) is 21.6. The van der Waals surface area contributed by atoms with E-state index >= 15 is 0 Å². The highest BCUT2D eigenvalue weighted by Crippen LogP contribution is 2.45. The summed E-state index contributed by atoms with van der Waals surface area (Å²) in [6.45, 7) is 0.802. The Morgan fingerprint density at radius 2 is 1.74 bits per heavy atom. The number of nitrogens with zero attached hydrogens (tertiary/aromatic N) is 2. The van der Waals surface area contributed by atoms with Crippen LogP contribution in [0.4, 0.5) is 0 Å². The first-order chi connectivity index (χ1) is 15.0. The molecule has 0 radical (unpaired) electrons. The molecule has 2 saturated heterocycles. The Bertz CT molecular complexity index is 876. The number of benzene rings is 1. The Kier molecular flexibility index (Phi) is 5.27. The van der Waals surface area contributed by atoms with Gasteiger partial charge in [-0.25, -0.2) is 0 Å². The first-order valence-corrected chi connectivity index (χ1v) is 11.8. The molecule has 0 spiro atoms. The lowest BCUT2D eigenvalue weighted by Gasteiger charge is -2.32. The molecule has 5 rings (SSSR count). The first kappa shape index (κ1) is 20.5. The Balaban J connectivity index is 1.48. The van der Waals surface area contributed by atoms with Crippen molar-refractivity contribution in [1.82, 2.24) is 9.80 Å². The fourth-order valence-corrected chi connectivity index (χ4v) is 6.47. The largest absolute Gasteiger partial charge is 0.497 e. The summed E-state index contributed by atoms with van der Waals surface area (Å²) >= 11 is 0. The molecule has 4 aliphatic rings. The third kappa shape index (κ3) is 3.44. The third-order valence-electron chi connectivity index (χ3n) is 8.11. The average Bonchev–Trinajstić information content (AvgIpc) is 3.46. The number of hydrogen-bond donors (Lipinski definition) is 0. The normalized spacial score (nSPS) is 31.0. The highest BCUT2D eigenvalue weighted by Gasteiger charge is 2.56. The predicted octanol–water partition coefficient (Wildman–Crippen LogP) is 3.43. The maximum Gasteiger partial charge on any atom is 0.241 e. The van der Waals surface area contributed by atoms with Crippen LogP contribution in [0.2, 0.25) is 0 Å². The summed E-state index contributed by atoms with van der Waals surface area (Å²) in [6.07, 6.45) is 8.52. The van der Waals surface area contributed by atoms with Gasteiger partial charge in [-0.3, -0.25) is 19.3 Å². The number of methoxy groups -OCH3 is 1. The Labute approximate surface area is 183 Å². The topological polar surface area (TPSA) is 66.9 Å². The van der Waals surface area contributed by atoms with Crippen LogP contribution in [0.25, 0.3) is 0 Å². The number of fused-ring (bicyclic) bond motifs is 2. The van der Waals surface area contributed by atoms with Crippen molar-refractivity contribution in [3.05, 3.63) is 29.8 Å². The Morgan fingerprint density at radius 1 is 1.03 bits per heavy atom. The van der Waals surface area contributed by atoms with E-state index < -0.39 is 5.41 Å². The highest BCUT2D eigenvalue weighted by atomic mass is 16.5. The zero-order valence-corrected chi connectivity index (χ0v) is 18.3. The maximum atomic E-state index is 13.9. The van der Waals surface area contributed by atoms with Gasteiger partial charge in [-0.1, -0.05) is 31.4 Å². The molecule has 6 nitrogen and oxygen atoms in total. The summed E-state index contributed by atoms with van der Waals surface area (Å²) in [7, 11) is 1.60. The van der Waals surface area contributed by atoms with E-state index in [1.807, 2.05) is 29.2 Å². The molecule has 2 saturated carbocycles. The van der Waals surface area contributed by atoms with Crippen LogP contribution in [-0.2, 0) is 19.8 Å². The van der Waals surface area contributed by atoms with E-state index in [2.05, 4.69) is 0 Å². The summed E-state index contributed by atoms with van der Waals surface area (Å²) in [5.41, 5.74) is -0.345. The van der Waals surface area contributed by atoms with Gasteiger partial charge >= 0.3 is 0 Å². The van der Waals surface area contributed by atoms with Crippen LogP contribution in [0.5, 0.6) is 5.75 Å². The second-order valence-electron chi connectivity index (χ2n) is 9.90. The van der Waals surface area contributed by atoms with Crippen LogP contribution in [-0.4, -0.2) is 53.3 Å². The molecule has 0 aromatic heterocycles. The van der Waals surface area contributed by atoms with E-state index in [4.69, 9.17) is 4.74 Å². The Morgan fingerprint density at radius 3 is 2.42 bits per heavy atom. The van der Waals surface area contributed by atoms with Gasteiger partial charge in [0, 0.05) is 31.5 Å². The van der Waals surface area contributed by atoms with Gasteiger partial charge in [0.15, 0.2) is 0 Å². The minimum Gasteiger partial charge on any atom is -0.497 e. The van der Waals surface area contributed by atoms with Crippen molar-refractivity contribution < 1.29 is 19.1 Å². The van der Waals surface area contributed by atoms with Crippen molar-refractivity contribution in [2.45, 2.75) is 81.7 Å². The minimum atomic E-state index is -1.10. The van der Waals surface area contributed by atoms with Crippen LogP contribution >= 0.6 is 0 Å². The quantitative estimate of drug-likeness (QED) is 0.680. The van der Waals surface area contributed by atoms with E-state index in [9.17, 15) is 14.4 Å². The smallest absolute Gasteiger partial charge is 0.241 e. The van der Waals surface area contributed by atoms with Crippen LogP contribution in [0.15, 0.2) is 24.3 Å². The molecule has 0 unspecified atom stereocenters. The van der Waals surface area contributed by atoms with E-state index in [0.29, 0.717) is 17.7 Å². The van der Waals surface area contributed by atoms with Crippen molar-refractivity contribution in [3.63, 3.8) is 0 Å². The molecule has 1 aromatic carbocycles. The van der Waals surface area contributed by atoms with Gasteiger partial charge < -0.3 is 9.64 Å². The fraction of sp³-hybridized carbons (Fsp3) is 0.640. The lowest BCUT2D eigenvalue weighted by Crippen LogP contribution is -2.46. The average molecular weight is 425 g/mol. The van der Waals surface area contributed by atoms with E-state index in [-0.39, 0.29) is 36.6 Å². The number of hydrogen-bond acceptors (Lipinski definition) is 4. The van der Waals surface area contributed by atoms with Crippen LogP contribution < -0.4 is 4.74 Å². The van der Waals surface area contributed by atoms with Crippen molar-refractivity contribution >= 4 is 17.7 Å². The molecule has 166 valence electrons. The number of amides is 3. The van der Waals surface area contributed by atoms with E-state index in [1.54, 1.807) is 7.11 Å². The number of carbonyl (C=O) groups is 3. The molecule has 0 N–H and O–H groups in total. The van der Waals surface area contributed by atoms with Gasteiger partial charge in [-0.15, -0.1) is 0 Å². The second kappa shape index (κ2) is 7.95. The zero-order valence-electron chi connectivity index (χ0n) is 18.3. The SMILES string of the molecule is COc1ccc([C@]2(CC(=O)N3C[C@H]4CCC[C@H]3C4)CC(=O)N(C3CCCC3)C2=O)cc1. The lowest BCUT2D eigenvalue weighted by atomic mass is 9.75. The monoisotopic (exact) mass is 424 g/mol. The molecule has 4 fully saturated rings. The van der Waals surface area contributed by atoms with Gasteiger partial charge in [-0.05, 0) is 55.7 Å². The molecule has 3 amide bonds. The summed E-state index contributed by atoms with van der Waals surface area (Å²) in [5, 5.41) is 0. The van der Waals surface area contributed by atoms with Crippen molar-refractivity contribution in [2.75, 3.05) is 13.7 Å². The Hall–Kier alpha value is -2.37. The molecule has 2 bridgehead atoms. The van der Waals surface area contributed by atoms with E-state index in [0.717, 1.165) is 50.6 Å². The number of carbonyl (C=O) groups excluding carboxylic acids is 3. The molecule has 2 heterocycles. The first-order valence-electron chi connectivity index (χ1n) is 11.8. The van der Waals surface area contributed by atoms with Gasteiger partial charge in [-0.2, -0.15) is 0 Å². The summed E-state index contributed by atoms with van der Waals surface area (Å²) in [4.78, 5) is 44.1. The van der Waals surface area contributed by atoms with Crippen LogP contribution in [0, 0.1) is 5.92 Å². The summed E-state index contributed by atoms with van der Waals surface area (Å²) in [6, 6.07) is 7.65. The molecular weight excluding hydrogens is 392 g/mol. The van der Waals surface area contributed by atoms with Gasteiger partial charge in [0.25, 0.3) is 0 Å². The number of likely N-dealkylation sites (tertiary alicyclic amines) is 2. The lowest BCUT2D eigenvalue weighted by molar-refractivity contribution is -0.145. The summed E-state index contributed by atoms with van der Waals surface area (Å²) in [5.74, 6) is 1.02. The van der Waals surface area contributed by atoms with E-state index in [1.165, 1.54) is 17.7 Å². The standard InChI is InChI=1S/C25H32N2O4/c1-31-21-11-9-18(10-12-21)25(14-22(28)26-16-17-5-4-8-20(26)13-17)15-23(29)27(24(25)30)19-6-2-3-7-19/h9-12,17,19-20H,2-8,13-16H2,1H3/t17-,20-,25-/m0/s1. The third-order valence-corrected chi connectivity index (χ3v) is 8.11. The van der Waals surface area contributed by atoms with Crippen molar-refractivity contribution in [3.8, 4) is 5.75 Å². The second-order valence-corrected chi connectivity index (χ2v) is 9.90. The molecule has 6 heteroatoms. The fourth-order valence-electron chi connectivity index (χ4n) is 6.47. The number of ether oxygens (including phenoxy) is 1. The van der Waals surface area contributed by atoms with Crippen LogP contribution in [0.1, 0.15) is 69.8 Å². The van der Waals surface area contributed by atoms with Crippen molar-refractivity contribution in [1.29, 1.82) is 0 Å². The van der Waals surface area contributed by atoms with Crippen molar-refractivity contribution in [2.24, 2.45) is 5.92 Å². The predicted molar refractivity (Wildman–Crippen MR) is 115 cm³/mol. The van der Waals surface area contributed by atoms with Gasteiger partial charge in [0.1, 0.15) is 5.75 Å². The number of rotatable bonds is 5. The molecular formula is C25H32N2O4. The molecule has 2 aliphatic carbocycles. The summed E-state index contributed by atoms with van der Waals surface area (Å²) < 4.78 is 5.29. The molecule has 2 aliphatic heterocycles. The highest BCUT2D eigenvalue weighted by molar-refractivity contribution is 6.11. The molecule has 1 aromatic rings. The molecule has 3 atom stereocenters. The number of imide groups is 1. The minimum absolute atomic E-state index is 0.0128. The van der Waals surface area contributed by atoms with Gasteiger partial charge in [0.05, 0.1) is 12.5 Å². The van der Waals surface area contributed by atoms with Gasteiger partial charge in [0.2, 0.25) is 17.7 Å². The van der Waals surface area contributed by atoms with Crippen LogP contribution in [0.3, 0.4) is 0 Å². The molecule has 31 heavy (non-hydrogen) atoms. The maximum absolute atomic E-state index is 13.9.